The molecule has 0 saturated carbocycles. The van der Waals surface area contributed by atoms with Crippen LogP contribution >= 0.6 is 15.9 Å². The van der Waals surface area contributed by atoms with Crippen LogP contribution in [0.1, 0.15) is 27.3 Å². The van der Waals surface area contributed by atoms with Gasteiger partial charge in [0.15, 0.2) is 0 Å². The van der Waals surface area contributed by atoms with Crippen LogP contribution in [0, 0.1) is 6.92 Å². The van der Waals surface area contributed by atoms with Crippen LogP contribution in [0.3, 0.4) is 0 Å². The summed E-state index contributed by atoms with van der Waals surface area (Å²) in [6.45, 7) is 3.29. The molecule has 0 fully saturated rings. The highest BCUT2D eigenvalue weighted by atomic mass is 79.9. The van der Waals surface area contributed by atoms with E-state index in [1.54, 1.807) is 0 Å². The molecule has 1 aromatic heterocycles. The number of carbonyl (C=O) groups is 1. The van der Waals surface area contributed by atoms with Crippen molar-refractivity contribution in [1.29, 1.82) is 0 Å². The monoisotopic (exact) mass is 447 g/mol. The van der Waals surface area contributed by atoms with Gasteiger partial charge in [0.1, 0.15) is 5.82 Å². The van der Waals surface area contributed by atoms with Gasteiger partial charge in [-0.3, -0.25) is 4.79 Å². The summed E-state index contributed by atoms with van der Waals surface area (Å²) in [5.41, 5.74) is 5.11. The van der Waals surface area contributed by atoms with E-state index in [4.69, 9.17) is 4.98 Å². The second-order valence-electron chi connectivity index (χ2n) is 7.10. The van der Waals surface area contributed by atoms with E-state index in [2.05, 4.69) is 56.1 Å². The van der Waals surface area contributed by atoms with Gasteiger partial charge in [-0.15, -0.1) is 0 Å². The van der Waals surface area contributed by atoms with Crippen molar-refractivity contribution < 1.29 is 4.79 Å². The third-order valence-electron chi connectivity index (χ3n) is 4.94. The van der Waals surface area contributed by atoms with Gasteiger partial charge < -0.3 is 9.88 Å². The Morgan fingerprint density at radius 2 is 1.72 bits per heavy atom. The lowest BCUT2D eigenvalue weighted by molar-refractivity contribution is 0.0954. The van der Waals surface area contributed by atoms with Crippen LogP contribution in [0.25, 0.3) is 11.0 Å². The molecule has 4 aromatic rings. The number of aromatic nitrogens is 2. The highest BCUT2D eigenvalue weighted by Gasteiger charge is 2.12. The fourth-order valence-electron chi connectivity index (χ4n) is 3.36. The van der Waals surface area contributed by atoms with Gasteiger partial charge in [-0.25, -0.2) is 4.98 Å². The van der Waals surface area contributed by atoms with Crippen LogP contribution in [0.2, 0.25) is 0 Å². The van der Waals surface area contributed by atoms with Crippen molar-refractivity contribution in [1.82, 2.24) is 14.9 Å². The minimum Gasteiger partial charge on any atom is -0.352 e. The number of fused-ring (bicyclic) bond motifs is 1. The van der Waals surface area contributed by atoms with Gasteiger partial charge in [-0.1, -0.05) is 57.9 Å². The molecule has 0 aliphatic carbocycles. The van der Waals surface area contributed by atoms with E-state index in [0.717, 1.165) is 33.4 Å². The Labute approximate surface area is 178 Å². The second-order valence-corrected chi connectivity index (χ2v) is 8.02. The van der Waals surface area contributed by atoms with Crippen molar-refractivity contribution in [3.8, 4) is 0 Å². The summed E-state index contributed by atoms with van der Waals surface area (Å²) in [5, 5.41) is 3.01. The van der Waals surface area contributed by atoms with Gasteiger partial charge in [0.05, 0.1) is 11.0 Å². The first-order valence-electron chi connectivity index (χ1n) is 9.63. The number of nitrogens with zero attached hydrogens (tertiary/aromatic N) is 2. The fourth-order valence-corrected chi connectivity index (χ4v) is 3.62. The van der Waals surface area contributed by atoms with E-state index >= 15 is 0 Å². The Kier molecular flexibility index (Phi) is 5.76. The summed E-state index contributed by atoms with van der Waals surface area (Å²) in [5.74, 6) is 0.916. The molecule has 3 aromatic carbocycles. The van der Waals surface area contributed by atoms with Crippen LogP contribution in [0.4, 0.5) is 0 Å². The molecule has 0 atom stereocenters. The lowest BCUT2D eigenvalue weighted by Gasteiger charge is -2.11. The number of aryl methyl sites for hydroxylation is 1. The van der Waals surface area contributed by atoms with Crippen molar-refractivity contribution in [3.63, 3.8) is 0 Å². The van der Waals surface area contributed by atoms with E-state index in [9.17, 15) is 4.79 Å². The zero-order chi connectivity index (χ0) is 20.2. The molecule has 5 heteroatoms. The summed E-state index contributed by atoms with van der Waals surface area (Å²) in [6.07, 6.45) is 0.669. The van der Waals surface area contributed by atoms with Crippen molar-refractivity contribution in [2.24, 2.45) is 0 Å². The highest BCUT2D eigenvalue weighted by Crippen LogP contribution is 2.19. The number of benzene rings is 3. The molecule has 0 spiro atoms. The van der Waals surface area contributed by atoms with Crippen molar-refractivity contribution in [3.05, 3.63) is 99.8 Å². The summed E-state index contributed by atoms with van der Waals surface area (Å²) < 4.78 is 3.30. The standard InChI is InChI=1S/C24H22BrN3O/c1-17-6-10-19(11-7-17)24(29)26-15-14-23-27-21-4-2-3-5-22(21)28(23)16-18-8-12-20(25)13-9-18/h2-13H,14-16H2,1H3,(H,26,29). The van der Waals surface area contributed by atoms with Gasteiger partial charge >= 0.3 is 0 Å². The molecule has 1 amide bonds. The molecule has 1 heterocycles. The predicted octanol–water partition coefficient (Wildman–Crippen LogP) is 5.13. The molecule has 1 N–H and O–H groups in total. The van der Waals surface area contributed by atoms with E-state index in [0.29, 0.717) is 18.5 Å². The normalized spacial score (nSPS) is 11.0. The Balaban J connectivity index is 1.51. The number of hydrogen-bond donors (Lipinski definition) is 1. The van der Waals surface area contributed by atoms with E-state index in [1.807, 2.05) is 49.4 Å². The van der Waals surface area contributed by atoms with Crippen LogP contribution < -0.4 is 5.32 Å². The Bertz CT molecular complexity index is 1130. The SMILES string of the molecule is Cc1ccc(C(=O)NCCc2nc3ccccc3n2Cc2ccc(Br)cc2)cc1. The summed E-state index contributed by atoms with van der Waals surface area (Å²) in [6, 6.07) is 24.1. The molecule has 0 aliphatic rings. The number of nitrogens with one attached hydrogen (secondary N) is 1. The zero-order valence-corrected chi connectivity index (χ0v) is 17.8. The molecular weight excluding hydrogens is 426 g/mol. The second kappa shape index (κ2) is 8.62. The number of amides is 1. The molecule has 4 rings (SSSR count). The number of hydrogen-bond acceptors (Lipinski definition) is 2. The third-order valence-corrected chi connectivity index (χ3v) is 5.46. The van der Waals surface area contributed by atoms with Gasteiger partial charge in [-0.2, -0.15) is 0 Å². The molecule has 0 unspecified atom stereocenters. The first kappa shape index (κ1) is 19.4. The average Bonchev–Trinajstić information content (AvgIpc) is 3.07. The van der Waals surface area contributed by atoms with Gasteiger partial charge in [0.25, 0.3) is 5.91 Å². The quantitative estimate of drug-likeness (QED) is 0.445. The van der Waals surface area contributed by atoms with E-state index in [-0.39, 0.29) is 5.91 Å². The third kappa shape index (κ3) is 4.57. The molecule has 29 heavy (non-hydrogen) atoms. The van der Waals surface area contributed by atoms with Crippen LogP contribution in [0.5, 0.6) is 0 Å². The maximum absolute atomic E-state index is 12.4. The molecule has 0 saturated heterocycles. The van der Waals surface area contributed by atoms with Crippen molar-refractivity contribution in [2.45, 2.75) is 19.9 Å². The highest BCUT2D eigenvalue weighted by molar-refractivity contribution is 9.10. The van der Waals surface area contributed by atoms with Crippen molar-refractivity contribution in [2.75, 3.05) is 6.54 Å². The first-order valence-corrected chi connectivity index (χ1v) is 10.4. The van der Waals surface area contributed by atoms with Gasteiger partial charge in [-0.05, 0) is 48.9 Å². The number of rotatable bonds is 6. The Morgan fingerprint density at radius 1 is 1.00 bits per heavy atom. The maximum atomic E-state index is 12.4. The van der Waals surface area contributed by atoms with E-state index in [1.165, 1.54) is 5.56 Å². The van der Waals surface area contributed by atoms with E-state index < -0.39 is 0 Å². The lowest BCUT2D eigenvalue weighted by atomic mass is 10.1. The minimum absolute atomic E-state index is 0.0550. The predicted molar refractivity (Wildman–Crippen MR) is 120 cm³/mol. The summed E-state index contributed by atoms with van der Waals surface area (Å²) in [7, 11) is 0. The molecule has 0 radical (unpaired) electrons. The van der Waals surface area contributed by atoms with Crippen LogP contribution in [0.15, 0.2) is 77.3 Å². The lowest BCUT2D eigenvalue weighted by Crippen LogP contribution is -2.26. The first-order chi connectivity index (χ1) is 14.1. The smallest absolute Gasteiger partial charge is 0.251 e. The van der Waals surface area contributed by atoms with Crippen molar-refractivity contribution >= 4 is 32.9 Å². The average molecular weight is 448 g/mol. The zero-order valence-electron chi connectivity index (χ0n) is 16.2. The van der Waals surface area contributed by atoms with Gasteiger partial charge in [0, 0.05) is 29.5 Å². The molecule has 0 bridgehead atoms. The molecular formula is C24H22BrN3O. The maximum Gasteiger partial charge on any atom is 0.251 e. The number of para-hydroxylation sites is 2. The number of carbonyl (C=O) groups excluding carboxylic acids is 1. The number of imidazole rings is 1. The summed E-state index contributed by atoms with van der Waals surface area (Å²) in [4.78, 5) is 17.2. The van der Waals surface area contributed by atoms with Crippen LogP contribution in [-0.4, -0.2) is 22.0 Å². The Morgan fingerprint density at radius 3 is 2.48 bits per heavy atom. The molecule has 0 aliphatic heterocycles. The van der Waals surface area contributed by atoms with Gasteiger partial charge in [0.2, 0.25) is 0 Å². The van der Waals surface area contributed by atoms with Crippen LogP contribution in [-0.2, 0) is 13.0 Å². The largest absolute Gasteiger partial charge is 0.352 e. The minimum atomic E-state index is -0.0550. The summed E-state index contributed by atoms with van der Waals surface area (Å²) >= 11 is 3.49. The fraction of sp³-hybridized carbons (Fsp3) is 0.167. The molecule has 4 nitrogen and oxygen atoms in total. The topological polar surface area (TPSA) is 46.9 Å². The number of halogens is 1. The molecule has 146 valence electrons. The Hall–Kier alpha value is -2.92.